The number of nitrogens with one attached hydrogen (secondary N) is 1. The highest BCUT2D eigenvalue weighted by atomic mass is 32.1. The highest BCUT2D eigenvalue weighted by Gasteiger charge is 2.20. The van der Waals surface area contributed by atoms with Gasteiger partial charge in [0.15, 0.2) is 0 Å². The number of hydrogen-bond acceptors (Lipinski definition) is 4. The summed E-state index contributed by atoms with van der Waals surface area (Å²) in [4.78, 5) is 13.4. The van der Waals surface area contributed by atoms with Crippen LogP contribution in [0.2, 0.25) is 0 Å². The molecule has 2 rings (SSSR count). The maximum atomic E-state index is 11.1. The third kappa shape index (κ3) is 3.61. The zero-order valence-corrected chi connectivity index (χ0v) is 10.3. The lowest BCUT2D eigenvalue weighted by Crippen LogP contribution is -2.15. The second-order valence-electron chi connectivity index (χ2n) is 4.20. The van der Waals surface area contributed by atoms with E-state index in [4.69, 9.17) is 0 Å². The predicted molar refractivity (Wildman–Crippen MR) is 64.5 cm³/mol. The Morgan fingerprint density at radius 2 is 2.25 bits per heavy atom. The van der Waals surface area contributed by atoms with Gasteiger partial charge >= 0.3 is 5.97 Å². The summed E-state index contributed by atoms with van der Waals surface area (Å²) in [5, 5.41) is 3.44. The number of rotatable bonds is 6. The quantitative estimate of drug-likeness (QED) is 0.771. The molecule has 0 atom stereocenters. The van der Waals surface area contributed by atoms with Crippen LogP contribution in [0.5, 0.6) is 0 Å². The van der Waals surface area contributed by atoms with Gasteiger partial charge in [-0.2, -0.15) is 0 Å². The maximum Gasteiger partial charge on any atom is 0.310 e. The van der Waals surface area contributed by atoms with Crippen LogP contribution in [0.3, 0.4) is 0 Å². The Hall–Kier alpha value is -0.870. The van der Waals surface area contributed by atoms with E-state index in [1.54, 1.807) is 11.3 Å². The highest BCUT2D eigenvalue weighted by Crippen LogP contribution is 2.27. The molecule has 1 saturated carbocycles. The number of thiophene rings is 1. The maximum absolute atomic E-state index is 11.1. The standard InChI is InChI=1S/C12H17NO2S/c1-15-12(14)6-10-4-5-11(16-10)8-13-7-9-2-3-9/h4-5,9,13H,2-3,6-8H2,1H3. The summed E-state index contributed by atoms with van der Waals surface area (Å²) in [6.07, 6.45) is 3.15. The summed E-state index contributed by atoms with van der Waals surface area (Å²) in [6.45, 7) is 2.05. The van der Waals surface area contributed by atoms with E-state index in [2.05, 4.69) is 16.1 Å². The summed E-state index contributed by atoms with van der Waals surface area (Å²) >= 11 is 1.69. The molecule has 88 valence electrons. The molecule has 4 heteroatoms. The summed E-state index contributed by atoms with van der Waals surface area (Å²) in [5.74, 6) is 0.744. The Kier molecular flexibility index (Phi) is 3.96. The van der Waals surface area contributed by atoms with Gasteiger partial charge < -0.3 is 10.1 Å². The molecule has 0 radical (unpaired) electrons. The van der Waals surface area contributed by atoms with Gasteiger partial charge in [0.05, 0.1) is 13.5 Å². The first kappa shape index (κ1) is 11.6. The van der Waals surface area contributed by atoms with E-state index in [1.807, 2.05) is 6.07 Å². The molecule has 1 heterocycles. The summed E-state index contributed by atoms with van der Waals surface area (Å²) < 4.78 is 4.64. The minimum atomic E-state index is -0.167. The molecule has 16 heavy (non-hydrogen) atoms. The number of esters is 1. The van der Waals surface area contributed by atoms with Crippen molar-refractivity contribution < 1.29 is 9.53 Å². The lowest BCUT2D eigenvalue weighted by atomic mass is 10.3. The zero-order valence-electron chi connectivity index (χ0n) is 9.49. The predicted octanol–water partition coefficient (Wildman–Crippen LogP) is 1.96. The Morgan fingerprint density at radius 3 is 2.94 bits per heavy atom. The number of carbonyl (C=O) groups excluding carboxylic acids is 1. The lowest BCUT2D eigenvalue weighted by molar-refractivity contribution is -0.139. The number of methoxy groups -OCH3 is 1. The van der Waals surface area contributed by atoms with E-state index in [1.165, 1.54) is 24.8 Å². The van der Waals surface area contributed by atoms with Crippen molar-refractivity contribution in [1.29, 1.82) is 0 Å². The zero-order chi connectivity index (χ0) is 11.4. The van der Waals surface area contributed by atoms with Crippen molar-refractivity contribution in [3.63, 3.8) is 0 Å². The van der Waals surface area contributed by atoms with E-state index in [9.17, 15) is 4.79 Å². The Labute approximate surface area is 99.8 Å². The van der Waals surface area contributed by atoms with E-state index >= 15 is 0 Å². The van der Waals surface area contributed by atoms with Gasteiger partial charge in [0, 0.05) is 16.3 Å². The highest BCUT2D eigenvalue weighted by molar-refractivity contribution is 7.12. The fourth-order valence-electron chi connectivity index (χ4n) is 1.55. The van der Waals surface area contributed by atoms with Crippen molar-refractivity contribution in [3.8, 4) is 0 Å². The molecule has 1 aromatic heterocycles. The molecule has 1 aliphatic carbocycles. The molecule has 3 nitrogen and oxygen atoms in total. The number of ether oxygens (including phenoxy) is 1. The van der Waals surface area contributed by atoms with Crippen LogP contribution >= 0.6 is 11.3 Å². The van der Waals surface area contributed by atoms with Crippen molar-refractivity contribution >= 4 is 17.3 Å². The second-order valence-corrected chi connectivity index (χ2v) is 5.45. The molecule has 0 spiro atoms. The van der Waals surface area contributed by atoms with Crippen molar-refractivity contribution in [2.24, 2.45) is 5.92 Å². The van der Waals surface area contributed by atoms with E-state index in [0.29, 0.717) is 6.42 Å². The van der Waals surface area contributed by atoms with Crippen molar-refractivity contribution in [1.82, 2.24) is 5.32 Å². The molecule has 1 fully saturated rings. The van der Waals surface area contributed by atoms with Crippen LogP contribution in [0.1, 0.15) is 22.6 Å². The molecular weight excluding hydrogens is 222 g/mol. The average molecular weight is 239 g/mol. The van der Waals surface area contributed by atoms with Crippen LogP contribution in [-0.4, -0.2) is 19.6 Å². The lowest BCUT2D eigenvalue weighted by Gasteiger charge is -2.00. The van der Waals surface area contributed by atoms with Crippen LogP contribution in [0, 0.1) is 5.92 Å². The topological polar surface area (TPSA) is 38.3 Å². The fraction of sp³-hybridized carbons (Fsp3) is 0.583. The third-order valence-electron chi connectivity index (χ3n) is 2.69. The number of hydrogen-bond donors (Lipinski definition) is 1. The Balaban J connectivity index is 1.74. The average Bonchev–Trinajstić information content (AvgIpc) is 2.99. The first-order chi connectivity index (χ1) is 7.78. The molecule has 1 N–H and O–H groups in total. The Morgan fingerprint density at radius 1 is 1.50 bits per heavy atom. The monoisotopic (exact) mass is 239 g/mol. The van der Waals surface area contributed by atoms with E-state index < -0.39 is 0 Å². The summed E-state index contributed by atoms with van der Waals surface area (Å²) in [5.41, 5.74) is 0. The van der Waals surface area contributed by atoms with Gasteiger partial charge in [-0.25, -0.2) is 0 Å². The second kappa shape index (κ2) is 5.46. The van der Waals surface area contributed by atoms with Crippen molar-refractivity contribution in [3.05, 3.63) is 21.9 Å². The normalized spacial score (nSPS) is 15.1. The van der Waals surface area contributed by atoms with Gasteiger partial charge in [-0.05, 0) is 37.4 Å². The third-order valence-corrected chi connectivity index (χ3v) is 3.78. The smallest absolute Gasteiger partial charge is 0.310 e. The van der Waals surface area contributed by atoms with E-state index in [-0.39, 0.29) is 5.97 Å². The largest absolute Gasteiger partial charge is 0.469 e. The van der Waals surface area contributed by atoms with Crippen LogP contribution in [-0.2, 0) is 22.5 Å². The molecule has 0 aliphatic heterocycles. The van der Waals surface area contributed by atoms with Gasteiger partial charge in [0.25, 0.3) is 0 Å². The first-order valence-electron chi connectivity index (χ1n) is 5.63. The molecular formula is C12H17NO2S. The summed E-state index contributed by atoms with van der Waals surface area (Å²) in [6, 6.07) is 4.10. The van der Waals surface area contributed by atoms with Gasteiger partial charge in [-0.1, -0.05) is 0 Å². The van der Waals surface area contributed by atoms with Crippen molar-refractivity contribution in [2.75, 3.05) is 13.7 Å². The van der Waals surface area contributed by atoms with Crippen LogP contribution in [0.4, 0.5) is 0 Å². The molecule has 0 saturated heterocycles. The fourth-order valence-corrected chi connectivity index (χ4v) is 2.52. The van der Waals surface area contributed by atoms with Crippen LogP contribution in [0.15, 0.2) is 12.1 Å². The first-order valence-corrected chi connectivity index (χ1v) is 6.44. The van der Waals surface area contributed by atoms with Gasteiger partial charge in [0.2, 0.25) is 0 Å². The van der Waals surface area contributed by atoms with Gasteiger partial charge in [0.1, 0.15) is 0 Å². The molecule has 0 bridgehead atoms. The minimum absolute atomic E-state index is 0.167. The van der Waals surface area contributed by atoms with Gasteiger partial charge in [-0.3, -0.25) is 4.79 Å². The van der Waals surface area contributed by atoms with Crippen LogP contribution in [0.25, 0.3) is 0 Å². The molecule has 1 aromatic rings. The number of carbonyl (C=O) groups is 1. The van der Waals surface area contributed by atoms with E-state index in [0.717, 1.165) is 23.9 Å². The molecule has 1 aliphatic rings. The minimum Gasteiger partial charge on any atom is -0.469 e. The molecule has 0 unspecified atom stereocenters. The van der Waals surface area contributed by atoms with Crippen LogP contribution < -0.4 is 5.32 Å². The summed E-state index contributed by atoms with van der Waals surface area (Å²) in [7, 11) is 1.42. The Bertz CT molecular complexity index is 358. The van der Waals surface area contributed by atoms with Gasteiger partial charge in [-0.15, -0.1) is 11.3 Å². The SMILES string of the molecule is COC(=O)Cc1ccc(CNCC2CC2)s1. The molecule has 0 aromatic carbocycles. The molecule has 0 amide bonds. The van der Waals surface area contributed by atoms with Crippen molar-refractivity contribution in [2.45, 2.75) is 25.8 Å².